The Balaban J connectivity index is 5.08. The van der Waals surface area contributed by atoms with Crippen molar-refractivity contribution in [2.45, 2.75) is 0 Å². The molecule has 0 aliphatic heterocycles. The van der Waals surface area contributed by atoms with Crippen LogP contribution < -0.4 is 0 Å². The van der Waals surface area contributed by atoms with E-state index in [1.54, 1.807) is 8.88 Å². The fraction of sp³-hybridized carbons (Fsp3) is 0. The molecular weight excluding hydrogens is 326 g/mol. The Kier molecular flexibility index (Phi) is 6.74. The van der Waals surface area contributed by atoms with Crippen LogP contribution in [-0.2, 0) is 22.1 Å². The second kappa shape index (κ2) is 4.56. The van der Waals surface area contributed by atoms with Gasteiger partial charge in [0.2, 0.25) is 0 Å². The molecule has 0 nitrogen and oxygen atoms in total. The first-order valence-electron chi connectivity index (χ1n) is 0.805. The maximum absolute atomic E-state index is 4.67. The van der Waals surface area contributed by atoms with Crippen molar-refractivity contribution in [1.82, 2.24) is 0 Å². The van der Waals surface area contributed by atoms with Crippen LogP contribution in [0.2, 0.25) is 0 Å². The van der Waals surface area contributed by atoms with E-state index >= 15 is 0 Å². The Hall–Kier alpha value is 2.40. The minimum absolute atomic E-state index is 0.669. The molecule has 0 aromatic rings. The number of rotatable bonds is 0. The maximum atomic E-state index is 4.67. The molecule has 0 unspecified atom stereocenters. The van der Waals surface area contributed by atoms with Crippen LogP contribution in [0.15, 0.2) is 0 Å². The van der Waals surface area contributed by atoms with E-state index in [0.717, 1.165) is 0 Å². The normalized spacial score (nSPS) is 6.00. The number of hydrogen-bond donors (Lipinski definition) is 0. The minimum atomic E-state index is 0.669. The zero-order chi connectivity index (χ0) is 4.28. The molecule has 0 amide bonds. The molecule has 0 fully saturated rings. The first kappa shape index (κ1) is 7.40. The van der Waals surface area contributed by atoms with Crippen LogP contribution in [0.1, 0.15) is 0 Å². The van der Waals surface area contributed by atoms with Gasteiger partial charge >= 0.3 is 66.8 Å². The Labute approximate surface area is 65.4 Å². The summed E-state index contributed by atoms with van der Waals surface area (Å²) in [6.07, 6.45) is 0. The molecule has 0 spiro atoms. The predicted molar refractivity (Wildman–Crippen MR) is 33.6 cm³/mol. The quantitative estimate of drug-likeness (QED) is 0.564. The monoisotopic (exact) mass is 326 g/mol. The van der Waals surface area contributed by atoms with Crippen LogP contribution in [0, 0.1) is 0 Å². The van der Waals surface area contributed by atoms with E-state index in [1.165, 1.54) is 44.7 Å². The van der Waals surface area contributed by atoms with E-state index in [4.69, 9.17) is 0 Å². The summed E-state index contributed by atoms with van der Waals surface area (Å²) in [6, 6.07) is 0. The molecule has 0 aliphatic rings. The van der Waals surface area contributed by atoms with Crippen LogP contribution in [0.4, 0.5) is 0 Å². The molecule has 0 bridgehead atoms. The molecule has 0 aromatic carbocycles. The van der Waals surface area contributed by atoms with Gasteiger partial charge in [-0.25, -0.2) is 0 Å². The first-order valence-corrected chi connectivity index (χ1v) is 12.5. The van der Waals surface area contributed by atoms with Gasteiger partial charge in [-0.15, -0.1) is 0 Å². The standard InChI is InChI=1S/2In.S3/c;;1-3-2. The van der Waals surface area contributed by atoms with Gasteiger partial charge in [-0.05, 0) is 0 Å². The Morgan fingerprint density at radius 1 is 1.60 bits per heavy atom. The van der Waals surface area contributed by atoms with Crippen LogP contribution in [0.25, 0.3) is 0 Å². The van der Waals surface area contributed by atoms with Gasteiger partial charge in [0.15, 0.2) is 0 Å². The van der Waals surface area contributed by atoms with E-state index in [-0.39, 0.29) is 0 Å². The summed E-state index contributed by atoms with van der Waals surface area (Å²) < 4.78 is 0.669. The predicted octanol–water partition coefficient (Wildman–Crippen LogP) is -0.769. The molecule has 24 valence electrons. The van der Waals surface area contributed by atoms with E-state index < -0.39 is 0 Å². The summed E-state index contributed by atoms with van der Waals surface area (Å²) in [4.78, 5) is 0. The zero-order valence-electron chi connectivity index (χ0n) is 2.38. The first-order chi connectivity index (χ1) is 2.27. The average molecular weight is 326 g/mol. The van der Waals surface area contributed by atoms with Gasteiger partial charge in [-0.3, -0.25) is 0 Å². The van der Waals surface area contributed by atoms with Crippen molar-refractivity contribution in [1.29, 1.82) is 0 Å². The van der Waals surface area contributed by atoms with Crippen molar-refractivity contribution in [2.75, 3.05) is 0 Å². The van der Waals surface area contributed by atoms with Crippen molar-refractivity contribution in [3.8, 4) is 0 Å². The van der Waals surface area contributed by atoms with Gasteiger partial charge in [0.05, 0.1) is 0 Å². The molecular formula is In2S3. The van der Waals surface area contributed by atoms with Gasteiger partial charge < -0.3 is 0 Å². The van der Waals surface area contributed by atoms with E-state index in [2.05, 4.69) is 11.2 Å². The molecule has 0 heterocycles. The fourth-order valence-corrected chi connectivity index (χ4v) is 0. The van der Waals surface area contributed by atoms with Crippen LogP contribution in [0.3, 0.4) is 0 Å². The van der Waals surface area contributed by atoms with Gasteiger partial charge in [0, 0.05) is 0 Å². The molecule has 2 radical (unpaired) electrons. The molecule has 0 atom stereocenters. The molecule has 5 heavy (non-hydrogen) atoms. The van der Waals surface area contributed by atoms with E-state index in [9.17, 15) is 0 Å². The van der Waals surface area contributed by atoms with Crippen molar-refractivity contribution >= 4 is 66.8 Å². The van der Waals surface area contributed by atoms with Gasteiger partial charge in [-0.2, -0.15) is 0 Å². The fourth-order valence-electron chi connectivity index (χ4n) is 0. The van der Waals surface area contributed by atoms with Gasteiger partial charge in [-0.1, -0.05) is 0 Å². The van der Waals surface area contributed by atoms with Crippen molar-refractivity contribution in [3.05, 3.63) is 0 Å². The van der Waals surface area contributed by atoms with E-state index in [1.807, 2.05) is 0 Å². The average Bonchev–Trinajstić information content (AvgIpc) is 1.38. The Morgan fingerprint density at radius 2 is 1.80 bits per heavy atom. The van der Waals surface area contributed by atoms with Crippen LogP contribution >= 0.6 is 0 Å². The third kappa shape index (κ3) is 6.40. The Morgan fingerprint density at radius 3 is 1.80 bits per heavy atom. The molecule has 0 saturated heterocycles. The number of hydrogen-bond acceptors (Lipinski definition) is 1. The molecule has 0 aliphatic carbocycles. The zero-order valence-corrected chi connectivity index (χ0v) is 11.4. The third-order valence-electron chi connectivity index (χ3n) is 0.0786. The summed E-state index contributed by atoms with van der Waals surface area (Å²) in [6.45, 7) is 0. The van der Waals surface area contributed by atoms with Crippen molar-refractivity contribution in [2.24, 2.45) is 0 Å². The second-order valence-corrected chi connectivity index (χ2v) is 31.8. The van der Waals surface area contributed by atoms with E-state index in [0.29, 0.717) is 2.04 Å². The van der Waals surface area contributed by atoms with Crippen molar-refractivity contribution in [3.63, 3.8) is 0 Å². The summed E-state index contributed by atoms with van der Waals surface area (Å²) in [5.74, 6) is 0. The summed E-state index contributed by atoms with van der Waals surface area (Å²) in [7, 11) is 1.61. The molecule has 0 rings (SSSR count). The van der Waals surface area contributed by atoms with Gasteiger partial charge in [0.1, 0.15) is 0 Å². The molecule has 5 heteroatoms. The van der Waals surface area contributed by atoms with Crippen LogP contribution in [-0.4, -0.2) is 44.7 Å². The summed E-state index contributed by atoms with van der Waals surface area (Å²) in [5.41, 5.74) is 0. The van der Waals surface area contributed by atoms with Crippen LogP contribution in [0.5, 0.6) is 0 Å². The summed E-state index contributed by atoms with van der Waals surface area (Å²) >= 11 is 7.41. The summed E-state index contributed by atoms with van der Waals surface area (Å²) in [5, 5.41) is 0. The van der Waals surface area contributed by atoms with Crippen molar-refractivity contribution < 1.29 is 0 Å². The Bertz CT molecular complexity index is 136. The topological polar surface area (TPSA) is 0 Å². The SMILES string of the molecule is S=S=[S](=[In])=[In]. The molecule has 0 aromatic heterocycles. The van der Waals surface area contributed by atoms with Gasteiger partial charge in [0.25, 0.3) is 0 Å². The second-order valence-electron chi connectivity index (χ2n) is 0.397. The molecule has 0 N–H and O–H groups in total. The molecule has 0 saturated carbocycles. The third-order valence-corrected chi connectivity index (χ3v) is 14.2.